The van der Waals surface area contributed by atoms with E-state index in [1.807, 2.05) is 25.1 Å². The number of nitrogens with one attached hydrogen (secondary N) is 1. The molecule has 2 aliphatic heterocycles. The van der Waals surface area contributed by atoms with Crippen LogP contribution in [0.3, 0.4) is 0 Å². The second-order valence-electron chi connectivity index (χ2n) is 6.89. The quantitative estimate of drug-likeness (QED) is 0.867. The van der Waals surface area contributed by atoms with Crippen LogP contribution in [0.5, 0.6) is 0 Å². The summed E-state index contributed by atoms with van der Waals surface area (Å²) in [5.74, 6) is 0.115. The molecule has 1 aromatic carbocycles. The number of aromatic amines is 1. The molecule has 138 valence electrons. The van der Waals surface area contributed by atoms with Gasteiger partial charge in [-0.25, -0.2) is 8.42 Å². The second-order valence-corrected chi connectivity index (χ2v) is 9.04. The van der Waals surface area contributed by atoms with Gasteiger partial charge in [0.25, 0.3) is 5.91 Å². The smallest absolute Gasteiger partial charge is 0.254 e. The van der Waals surface area contributed by atoms with Crippen LogP contribution in [0.4, 0.5) is 0 Å². The lowest BCUT2D eigenvalue weighted by molar-refractivity contribution is 0.0349. The highest BCUT2D eigenvalue weighted by molar-refractivity contribution is 7.91. The molecule has 0 radical (unpaired) electrons. The molecule has 0 spiro atoms. The van der Waals surface area contributed by atoms with Gasteiger partial charge in [-0.1, -0.05) is 19.1 Å². The molecule has 3 heterocycles. The minimum Gasteiger partial charge on any atom is -0.332 e. The van der Waals surface area contributed by atoms with Gasteiger partial charge in [0.05, 0.1) is 23.2 Å². The first-order chi connectivity index (χ1) is 12.5. The van der Waals surface area contributed by atoms with Crippen LogP contribution >= 0.6 is 0 Å². The fraction of sp³-hybridized carbons (Fsp3) is 0.444. The van der Waals surface area contributed by atoms with Crippen molar-refractivity contribution in [3.05, 3.63) is 42.1 Å². The number of likely N-dealkylation sites (N-methyl/N-ethyl adjacent to an activating group) is 1. The van der Waals surface area contributed by atoms with Crippen molar-refractivity contribution in [3.63, 3.8) is 0 Å². The third-order valence-corrected chi connectivity index (χ3v) is 7.10. The van der Waals surface area contributed by atoms with Gasteiger partial charge in [-0.3, -0.25) is 14.8 Å². The molecule has 1 amide bonds. The monoisotopic (exact) mass is 374 g/mol. The van der Waals surface area contributed by atoms with Gasteiger partial charge in [-0.15, -0.1) is 0 Å². The molecular formula is C18H22N4O3S. The average molecular weight is 374 g/mol. The fourth-order valence-electron chi connectivity index (χ4n) is 4.04. The number of carbonyl (C=O) groups is 1. The molecule has 0 aliphatic carbocycles. The third kappa shape index (κ3) is 3.03. The topological polar surface area (TPSA) is 86.4 Å². The maximum atomic E-state index is 13.0. The van der Waals surface area contributed by atoms with Crippen molar-refractivity contribution in [2.45, 2.75) is 19.0 Å². The number of piperazine rings is 1. The number of hydrogen-bond donors (Lipinski definition) is 1. The lowest BCUT2D eigenvalue weighted by Crippen LogP contribution is -2.60. The number of carbonyl (C=O) groups excluding carboxylic acids is 1. The molecule has 2 atom stereocenters. The number of nitrogens with zero attached hydrogens (tertiary/aromatic N) is 3. The van der Waals surface area contributed by atoms with Crippen LogP contribution in [-0.2, 0) is 9.84 Å². The van der Waals surface area contributed by atoms with Crippen LogP contribution in [-0.4, -0.2) is 77.5 Å². The molecule has 26 heavy (non-hydrogen) atoms. The number of sulfone groups is 1. The first kappa shape index (κ1) is 17.2. The molecule has 2 saturated heterocycles. The summed E-state index contributed by atoms with van der Waals surface area (Å²) in [4.78, 5) is 17.0. The van der Waals surface area contributed by atoms with Gasteiger partial charge >= 0.3 is 0 Å². The molecule has 7 nitrogen and oxygen atoms in total. The van der Waals surface area contributed by atoms with Gasteiger partial charge in [0.2, 0.25) is 0 Å². The van der Waals surface area contributed by atoms with Crippen molar-refractivity contribution in [1.29, 1.82) is 0 Å². The van der Waals surface area contributed by atoms with E-state index < -0.39 is 9.84 Å². The highest BCUT2D eigenvalue weighted by atomic mass is 32.2. The maximum Gasteiger partial charge on any atom is 0.254 e. The summed E-state index contributed by atoms with van der Waals surface area (Å²) in [5.41, 5.74) is 2.43. The van der Waals surface area contributed by atoms with E-state index in [9.17, 15) is 13.2 Å². The molecule has 8 heteroatoms. The van der Waals surface area contributed by atoms with E-state index in [0.717, 1.165) is 17.8 Å². The van der Waals surface area contributed by atoms with E-state index in [-0.39, 0.29) is 29.5 Å². The Balaban J connectivity index is 1.58. The van der Waals surface area contributed by atoms with E-state index in [0.29, 0.717) is 18.7 Å². The summed E-state index contributed by atoms with van der Waals surface area (Å²) < 4.78 is 24.3. The zero-order valence-corrected chi connectivity index (χ0v) is 15.4. The van der Waals surface area contributed by atoms with Crippen molar-refractivity contribution in [2.75, 3.05) is 31.1 Å². The number of aromatic nitrogens is 2. The third-order valence-electron chi connectivity index (χ3n) is 5.40. The van der Waals surface area contributed by atoms with Crippen molar-refractivity contribution in [1.82, 2.24) is 20.0 Å². The van der Waals surface area contributed by atoms with Crippen molar-refractivity contribution in [2.24, 2.45) is 0 Å². The van der Waals surface area contributed by atoms with Crippen LogP contribution < -0.4 is 0 Å². The van der Waals surface area contributed by atoms with Crippen molar-refractivity contribution < 1.29 is 13.2 Å². The molecule has 0 bridgehead atoms. The first-order valence-corrected chi connectivity index (χ1v) is 10.7. The molecule has 4 rings (SSSR count). The van der Waals surface area contributed by atoms with E-state index in [1.54, 1.807) is 23.2 Å². The van der Waals surface area contributed by atoms with Gasteiger partial charge in [0.15, 0.2) is 9.84 Å². The molecule has 2 aliphatic rings. The van der Waals surface area contributed by atoms with Crippen LogP contribution in [0.25, 0.3) is 11.3 Å². The summed E-state index contributed by atoms with van der Waals surface area (Å²) in [5, 5.41) is 6.83. The Labute approximate surface area is 152 Å². The molecule has 2 fully saturated rings. The largest absolute Gasteiger partial charge is 0.332 e. The van der Waals surface area contributed by atoms with Gasteiger partial charge < -0.3 is 4.90 Å². The Hall–Kier alpha value is -2.19. The molecule has 2 unspecified atom stereocenters. The Morgan fingerprint density at radius 3 is 2.54 bits per heavy atom. The number of H-pyrrole nitrogens is 1. The van der Waals surface area contributed by atoms with Crippen LogP contribution in [0, 0.1) is 0 Å². The predicted molar refractivity (Wildman–Crippen MR) is 98.5 cm³/mol. The minimum absolute atomic E-state index is 0.0616. The van der Waals surface area contributed by atoms with Crippen LogP contribution in [0.1, 0.15) is 17.3 Å². The summed E-state index contributed by atoms with van der Waals surface area (Å²) in [6.07, 6.45) is 1.68. The molecule has 1 N–H and O–H groups in total. The standard InChI is InChI=1S/C18H22N4O3S/c1-2-21-9-10-22(17-12-26(24,25)11-16(17)21)18(23)14-5-3-13(4-6-14)15-7-8-19-20-15/h3-8,16-17H,2,9-12H2,1H3,(H,19,20). The van der Waals surface area contributed by atoms with Gasteiger partial charge in [-0.2, -0.15) is 5.10 Å². The summed E-state index contributed by atoms with van der Waals surface area (Å²) >= 11 is 0. The SMILES string of the molecule is CCN1CCN(C(=O)c2ccc(-c3ccn[nH]3)cc2)C2CS(=O)(=O)CC21. The zero-order chi connectivity index (χ0) is 18.3. The van der Waals surface area contributed by atoms with Crippen molar-refractivity contribution in [3.8, 4) is 11.3 Å². The van der Waals surface area contributed by atoms with E-state index in [4.69, 9.17) is 0 Å². The average Bonchev–Trinajstić information content (AvgIpc) is 3.27. The fourth-order valence-corrected chi connectivity index (χ4v) is 6.06. The second kappa shape index (κ2) is 6.51. The van der Waals surface area contributed by atoms with Gasteiger partial charge in [0, 0.05) is 30.9 Å². The minimum atomic E-state index is -3.10. The maximum absolute atomic E-state index is 13.0. The molecular weight excluding hydrogens is 352 g/mol. The lowest BCUT2D eigenvalue weighted by Gasteiger charge is -2.43. The lowest BCUT2D eigenvalue weighted by atomic mass is 10.0. The Morgan fingerprint density at radius 1 is 1.15 bits per heavy atom. The Morgan fingerprint density at radius 2 is 1.88 bits per heavy atom. The molecule has 0 saturated carbocycles. The number of fused-ring (bicyclic) bond motifs is 1. The normalized spacial score (nSPS) is 25.2. The highest BCUT2D eigenvalue weighted by Crippen LogP contribution is 2.28. The molecule has 1 aromatic heterocycles. The summed E-state index contributed by atoms with van der Waals surface area (Å²) in [6, 6.07) is 8.87. The predicted octanol–water partition coefficient (Wildman–Crippen LogP) is 1.02. The molecule has 2 aromatic rings. The Bertz CT molecular complexity index is 893. The van der Waals surface area contributed by atoms with Crippen molar-refractivity contribution >= 4 is 15.7 Å². The van der Waals surface area contributed by atoms with E-state index in [1.165, 1.54) is 0 Å². The van der Waals surface area contributed by atoms with Crippen LogP contribution in [0.2, 0.25) is 0 Å². The number of hydrogen-bond acceptors (Lipinski definition) is 5. The van der Waals surface area contributed by atoms with Crippen LogP contribution in [0.15, 0.2) is 36.5 Å². The van der Waals surface area contributed by atoms with Gasteiger partial charge in [0.1, 0.15) is 0 Å². The highest BCUT2D eigenvalue weighted by Gasteiger charge is 2.47. The van der Waals surface area contributed by atoms with E-state index in [2.05, 4.69) is 15.1 Å². The van der Waals surface area contributed by atoms with E-state index >= 15 is 0 Å². The Kier molecular flexibility index (Phi) is 4.32. The number of benzene rings is 1. The number of rotatable bonds is 3. The summed E-state index contributed by atoms with van der Waals surface area (Å²) in [7, 11) is -3.10. The summed E-state index contributed by atoms with van der Waals surface area (Å²) in [6.45, 7) is 4.11. The van der Waals surface area contributed by atoms with Gasteiger partial charge in [-0.05, 0) is 30.3 Å². The number of amides is 1. The zero-order valence-electron chi connectivity index (χ0n) is 14.6. The first-order valence-electron chi connectivity index (χ1n) is 8.84.